The molecule has 2 aromatic rings. The largest absolute Gasteiger partial charge is 0.478 e. The fraction of sp³-hybridized carbons (Fsp3) is 0.133. The van der Waals surface area contributed by atoms with Crippen molar-refractivity contribution in [2.24, 2.45) is 0 Å². The van der Waals surface area contributed by atoms with Crippen LogP contribution in [0, 0.1) is 10.1 Å². The van der Waals surface area contributed by atoms with Gasteiger partial charge in [0.05, 0.1) is 15.4 Å². The van der Waals surface area contributed by atoms with Gasteiger partial charge in [-0.1, -0.05) is 24.8 Å². The van der Waals surface area contributed by atoms with E-state index in [4.69, 9.17) is 5.11 Å². The fourth-order valence-electron chi connectivity index (χ4n) is 1.80. The molecule has 0 bridgehead atoms. The van der Waals surface area contributed by atoms with E-state index in [1.165, 1.54) is 23.9 Å². The summed E-state index contributed by atoms with van der Waals surface area (Å²) >= 11 is 1.25. The first-order valence-corrected chi connectivity index (χ1v) is 7.11. The van der Waals surface area contributed by atoms with E-state index in [9.17, 15) is 14.9 Å². The van der Waals surface area contributed by atoms with Crippen LogP contribution in [-0.2, 0) is 6.42 Å². The molecule has 0 saturated carbocycles. The Morgan fingerprint density at radius 2 is 1.90 bits per heavy atom. The molecule has 0 unspecified atom stereocenters. The number of aryl methyl sites for hydroxylation is 1. The average molecular weight is 303 g/mol. The highest BCUT2D eigenvalue weighted by atomic mass is 32.2. The van der Waals surface area contributed by atoms with E-state index < -0.39 is 10.9 Å². The van der Waals surface area contributed by atoms with Crippen molar-refractivity contribution in [2.75, 3.05) is 0 Å². The normalized spacial score (nSPS) is 10.3. The number of hydrogen-bond acceptors (Lipinski definition) is 4. The smallest absolute Gasteiger partial charge is 0.335 e. The average Bonchev–Trinajstić information content (AvgIpc) is 2.48. The summed E-state index contributed by atoms with van der Waals surface area (Å²) in [5.74, 6) is -0.996. The Morgan fingerprint density at radius 1 is 1.24 bits per heavy atom. The highest BCUT2D eigenvalue weighted by Crippen LogP contribution is 2.35. The van der Waals surface area contributed by atoms with Gasteiger partial charge in [-0.15, -0.1) is 0 Å². The molecule has 1 N–H and O–H groups in total. The van der Waals surface area contributed by atoms with Crippen molar-refractivity contribution in [1.82, 2.24) is 0 Å². The summed E-state index contributed by atoms with van der Waals surface area (Å²) in [6.45, 7) is 1.94. The monoisotopic (exact) mass is 303 g/mol. The summed E-state index contributed by atoms with van der Waals surface area (Å²) in [6, 6.07) is 11.4. The van der Waals surface area contributed by atoms with Gasteiger partial charge < -0.3 is 5.11 Å². The zero-order valence-corrected chi connectivity index (χ0v) is 12.1. The number of benzene rings is 2. The molecule has 2 aromatic carbocycles. The van der Waals surface area contributed by atoms with Crippen molar-refractivity contribution >= 4 is 23.4 Å². The molecule has 2 rings (SSSR count). The van der Waals surface area contributed by atoms with Crippen molar-refractivity contribution in [1.29, 1.82) is 0 Å². The van der Waals surface area contributed by atoms with Gasteiger partial charge in [-0.3, -0.25) is 10.1 Å². The van der Waals surface area contributed by atoms with Crippen LogP contribution in [0.15, 0.2) is 52.3 Å². The molecule has 0 heterocycles. The molecule has 108 valence electrons. The molecule has 21 heavy (non-hydrogen) atoms. The van der Waals surface area contributed by atoms with Gasteiger partial charge in [-0.05, 0) is 42.3 Å². The number of nitro groups is 1. The Labute approximate surface area is 125 Å². The van der Waals surface area contributed by atoms with E-state index in [0.717, 1.165) is 16.9 Å². The summed E-state index contributed by atoms with van der Waals surface area (Å²) in [4.78, 5) is 22.8. The lowest BCUT2D eigenvalue weighted by Gasteiger charge is -2.05. The Bertz CT molecular complexity index is 683. The lowest BCUT2D eigenvalue weighted by molar-refractivity contribution is -0.387. The molecule has 0 spiro atoms. The zero-order valence-electron chi connectivity index (χ0n) is 11.3. The third kappa shape index (κ3) is 3.61. The number of carboxylic acids is 1. The first kappa shape index (κ1) is 15.1. The van der Waals surface area contributed by atoms with E-state index in [0.29, 0.717) is 4.90 Å². The number of rotatable bonds is 5. The van der Waals surface area contributed by atoms with Gasteiger partial charge in [-0.2, -0.15) is 0 Å². The zero-order chi connectivity index (χ0) is 15.4. The molecule has 0 aromatic heterocycles. The minimum absolute atomic E-state index is 0.0710. The Kier molecular flexibility index (Phi) is 4.59. The second-order valence-electron chi connectivity index (χ2n) is 4.34. The SMILES string of the molecule is CCc1ccc(Sc2ccc(C(=O)O)cc2)c([N+](=O)[O-])c1. The minimum Gasteiger partial charge on any atom is -0.478 e. The van der Waals surface area contributed by atoms with Crippen molar-refractivity contribution in [3.05, 3.63) is 63.7 Å². The van der Waals surface area contributed by atoms with Crippen LogP contribution in [0.25, 0.3) is 0 Å². The number of hydrogen-bond donors (Lipinski definition) is 1. The molecule has 0 fully saturated rings. The molecular weight excluding hydrogens is 290 g/mol. The van der Waals surface area contributed by atoms with Crippen LogP contribution in [0.4, 0.5) is 5.69 Å². The second-order valence-corrected chi connectivity index (χ2v) is 5.46. The van der Waals surface area contributed by atoms with Crippen LogP contribution in [-0.4, -0.2) is 16.0 Å². The van der Waals surface area contributed by atoms with Crippen molar-refractivity contribution in [2.45, 2.75) is 23.1 Å². The van der Waals surface area contributed by atoms with Gasteiger partial charge in [-0.25, -0.2) is 4.79 Å². The summed E-state index contributed by atoms with van der Waals surface area (Å²) in [6.07, 6.45) is 0.735. The van der Waals surface area contributed by atoms with Crippen LogP contribution in [0.5, 0.6) is 0 Å². The fourth-order valence-corrected chi connectivity index (χ4v) is 2.70. The molecule has 0 amide bonds. The minimum atomic E-state index is -0.996. The van der Waals surface area contributed by atoms with E-state index in [1.54, 1.807) is 24.3 Å². The van der Waals surface area contributed by atoms with E-state index >= 15 is 0 Å². The summed E-state index contributed by atoms with van der Waals surface area (Å²) in [5, 5.41) is 20.0. The summed E-state index contributed by atoms with van der Waals surface area (Å²) < 4.78 is 0. The topological polar surface area (TPSA) is 80.4 Å². The van der Waals surface area contributed by atoms with Gasteiger partial charge in [0, 0.05) is 11.0 Å². The van der Waals surface area contributed by atoms with E-state index in [2.05, 4.69) is 0 Å². The van der Waals surface area contributed by atoms with Crippen LogP contribution in [0.2, 0.25) is 0 Å². The maximum absolute atomic E-state index is 11.1. The van der Waals surface area contributed by atoms with Crippen molar-refractivity contribution in [3.8, 4) is 0 Å². The first-order valence-electron chi connectivity index (χ1n) is 6.29. The molecule has 5 nitrogen and oxygen atoms in total. The number of nitrogens with zero attached hydrogens (tertiary/aromatic N) is 1. The van der Waals surface area contributed by atoms with E-state index in [1.807, 2.05) is 13.0 Å². The maximum Gasteiger partial charge on any atom is 0.335 e. The third-order valence-corrected chi connectivity index (χ3v) is 4.03. The molecular formula is C15H13NO4S. The number of carboxylic acid groups (broad SMARTS) is 1. The van der Waals surface area contributed by atoms with Gasteiger partial charge in [0.25, 0.3) is 5.69 Å². The molecule has 0 radical (unpaired) electrons. The third-order valence-electron chi connectivity index (χ3n) is 2.96. The lowest BCUT2D eigenvalue weighted by atomic mass is 10.1. The molecule has 0 saturated heterocycles. The second kappa shape index (κ2) is 6.41. The van der Waals surface area contributed by atoms with E-state index in [-0.39, 0.29) is 11.3 Å². The Morgan fingerprint density at radius 3 is 2.43 bits per heavy atom. The van der Waals surface area contributed by atoms with Crippen LogP contribution in [0.3, 0.4) is 0 Å². The Hall–Kier alpha value is -2.34. The van der Waals surface area contributed by atoms with Gasteiger partial charge in [0.15, 0.2) is 0 Å². The van der Waals surface area contributed by atoms with Gasteiger partial charge in [0.1, 0.15) is 0 Å². The highest BCUT2D eigenvalue weighted by molar-refractivity contribution is 7.99. The predicted octanol–water partition coefficient (Wildman–Crippen LogP) is 4.01. The first-order chi connectivity index (χ1) is 10.0. The van der Waals surface area contributed by atoms with Crippen LogP contribution < -0.4 is 0 Å². The molecule has 0 atom stereocenters. The number of carbonyl (C=O) groups is 1. The van der Waals surface area contributed by atoms with Gasteiger partial charge >= 0.3 is 5.97 Å². The predicted molar refractivity (Wildman–Crippen MR) is 80.0 cm³/mol. The number of nitro benzene ring substituents is 1. The molecule has 0 aliphatic carbocycles. The van der Waals surface area contributed by atoms with Crippen LogP contribution >= 0.6 is 11.8 Å². The van der Waals surface area contributed by atoms with Gasteiger partial charge in [0.2, 0.25) is 0 Å². The molecule has 0 aliphatic rings. The maximum atomic E-state index is 11.1. The highest BCUT2D eigenvalue weighted by Gasteiger charge is 2.15. The quantitative estimate of drug-likeness (QED) is 0.667. The Balaban J connectivity index is 2.30. The molecule has 6 heteroatoms. The standard InChI is InChI=1S/C15H13NO4S/c1-2-10-3-8-14(13(9-10)16(19)20)21-12-6-4-11(5-7-12)15(17)18/h3-9H,2H2,1H3,(H,17,18). The number of aromatic carboxylic acids is 1. The lowest BCUT2D eigenvalue weighted by Crippen LogP contribution is -1.95. The summed E-state index contributed by atoms with van der Waals surface area (Å²) in [7, 11) is 0. The summed E-state index contributed by atoms with van der Waals surface area (Å²) in [5.41, 5.74) is 1.17. The van der Waals surface area contributed by atoms with Crippen LogP contribution in [0.1, 0.15) is 22.8 Å². The molecule has 0 aliphatic heterocycles. The van der Waals surface area contributed by atoms with Crippen molar-refractivity contribution in [3.63, 3.8) is 0 Å². The van der Waals surface area contributed by atoms with Crippen molar-refractivity contribution < 1.29 is 14.8 Å².